The SMILES string of the molecule is C[C@@H]1CC[C@@H](/C(COCc2cccc(COC/C(=C(/O)C(F)(F)F)C3CC[C@@H](C)[C@@H]4CC[C@H](C)OC[C@]34OO)n2)=C(\O)C(F)(F)F)C2CO[C@@H](C)CC[C@H]21. The molecule has 9 nitrogen and oxygen atoms in total. The highest BCUT2D eigenvalue weighted by Gasteiger charge is 2.56. The lowest BCUT2D eigenvalue weighted by Crippen LogP contribution is -2.56. The maximum Gasteiger partial charge on any atom is 0.448 e. The quantitative estimate of drug-likeness (QED) is 0.0874. The zero-order valence-corrected chi connectivity index (χ0v) is 31.4. The summed E-state index contributed by atoms with van der Waals surface area (Å²) < 4.78 is 107. The molecule has 0 radical (unpaired) electrons. The highest BCUT2D eigenvalue weighted by Crippen LogP contribution is 2.52. The Hall–Kier alpha value is -2.43. The third-order valence-electron chi connectivity index (χ3n) is 12.6. The Balaban J connectivity index is 1.28. The van der Waals surface area contributed by atoms with Gasteiger partial charge < -0.3 is 29.2 Å². The van der Waals surface area contributed by atoms with Gasteiger partial charge in [0.15, 0.2) is 11.5 Å². The van der Waals surface area contributed by atoms with E-state index in [4.69, 9.17) is 23.8 Å². The molecule has 54 heavy (non-hydrogen) atoms. The van der Waals surface area contributed by atoms with Crippen LogP contribution in [-0.4, -0.2) is 77.0 Å². The number of hydrogen-bond acceptors (Lipinski definition) is 9. The molecule has 2 saturated carbocycles. The number of alkyl halides is 6. The van der Waals surface area contributed by atoms with Gasteiger partial charge in [-0.2, -0.15) is 26.3 Å². The first kappa shape index (κ1) is 42.7. The van der Waals surface area contributed by atoms with Crippen molar-refractivity contribution in [3.05, 3.63) is 52.3 Å². The zero-order chi connectivity index (χ0) is 39.4. The lowest BCUT2D eigenvalue weighted by Gasteiger charge is -2.49. The maximum absolute atomic E-state index is 14.1. The number of pyridine rings is 1. The van der Waals surface area contributed by atoms with Crippen molar-refractivity contribution in [1.82, 2.24) is 4.98 Å². The van der Waals surface area contributed by atoms with Crippen LogP contribution in [0, 0.1) is 41.4 Å². The molecule has 10 atom stereocenters. The summed E-state index contributed by atoms with van der Waals surface area (Å²) in [4.78, 5) is 9.52. The van der Waals surface area contributed by atoms with Gasteiger partial charge in [-0.3, -0.25) is 10.2 Å². The van der Waals surface area contributed by atoms with Gasteiger partial charge in [0.25, 0.3) is 0 Å². The summed E-state index contributed by atoms with van der Waals surface area (Å²) in [6.45, 7) is 6.44. The molecule has 2 unspecified atom stereocenters. The number of aromatic nitrogens is 1. The van der Waals surface area contributed by atoms with Crippen LogP contribution < -0.4 is 0 Å². The van der Waals surface area contributed by atoms with Crippen LogP contribution >= 0.6 is 0 Å². The van der Waals surface area contributed by atoms with Crippen molar-refractivity contribution in [1.29, 1.82) is 0 Å². The summed E-state index contributed by atoms with van der Waals surface area (Å²) in [7, 11) is 0. The molecule has 0 spiro atoms. The minimum atomic E-state index is -5.09. The molecule has 4 fully saturated rings. The molecule has 2 saturated heterocycles. The minimum Gasteiger partial charge on any atom is -0.504 e. The number of allylic oxidation sites excluding steroid dienone is 2. The van der Waals surface area contributed by atoms with E-state index in [0.29, 0.717) is 49.6 Å². The lowest BCUT2D eigenvalue weighted by atomic mass is 9.61. The number of ether oxygens (including phenoxy) is 4. The van der Waals surface area contributed by atoms with Crippen LogP contribution in [0.5, 0.6) is 0 Å². The number of hydrogen-bond donors (Lipinski definition) is 3. The fourth-order valence-corrected chi connectivity index (χ4v) is 9.57. The van der Waals surface area contributed by atoms with Gasteiger partial charge >= 0.3 is 12.4 Å². The van der Waals surface area contributed by atoms with Crippen molar-refractivity contribution in [3.8, 4) is 0 Å². The van der Waals surface area contributed by atoms with E-state index >= 15 is 0 Å². The van der Waals surface area contributed by atoms with Crippen LogP contribution in [0.3, 0.4) is 0 Å². The largest absolute Gasteiger partial charge is 0.504 e. The molecule has 0 bridgehead atoms. The summed E-state index contributed by atoms with van der Waals surface area (Å²) in [5.41, 5.74) is -1.55. The van der Waals surface area contributed by atoms with Gasteiger partial charge in [-0.25, -0.2) is 4.89 Å². The Kier molecular flexibility index (Phi) is 14.1. The molecule has 3 N–H and O–H groups in total. The van der Waals surface area contributed by atoms with Gasteiger partial charge in [-0.1, -0.05) is 19.9 Å². The summed E-state index contributed by atoms with van der Waals surface area (Å²) >= 11 is 0. The van der Waals surface area contributed by atoms with E-state index in [0.717, 1.165) is 19.3 Å². The summed E-state index contributed by atoms with van der Waals surface area (Å²) in [5.74, 6) is -5.12. The van der Waals surface area contributed by atoms with Crippen LogP contribution in [0.15, 0.2) is 40.9 Å². The maximum atomic E-state index is 14.1. The van der Waals surface area contributed by atoms with Crippen molar-refractivity contribution in [2.45, 2.75) is 122 Å². The van der Waals surface area contributed by atoms with Crippen molar-refractivity contribution >= 4 is 0 Å². The molecule has 0 amide bonds. The monoisotopic (exact) mass is 779 g/mol. The Morgan fingerprint density at radius 2 is 1.31 bits per heavy atom. The van der Waals surface area contributed by atoms with E-state index in [1.165, 1.54) is 0 Å². The summed E-state index contributed by atoms with van der Waals surface area (Å²) in [6.07, 6.45) is -5.49. The van der Waals surface area contributed by atoms with E-state index in [1.54, 1.807) is 18.2 Å². The number of fused-ring (bicyclic) bond motifs is 2. The Bertz CT molecular complexity index is 1470. The number of halogens is 6. The second-order valence-electron chi connectivity index (χ2n) is 16.0. The van der Waals surface area contributed by atoms with E-state index in [2.05, 4.69) is 11.9 Å². The first-order valence-corrected chi connectivity index (χ1v) is 19.1. The number of nitrogens with zero attached hydrogens (tertiary/aromatic N) is 1. The van der Waals surface area contributed by atoms with Crippen LogP contribution in [0.25, 0.3) is 0 Å². The second kappa shape index (κ2) is 17.8. The molecular formula is C39H55F6NO8. The molecule has 2 aliphatic carbocycles. The molecule has 2 aliphatic heterocycles. The van der Waals surface area contributed by atoms with Crippen molar-refractivity contribution in [2.75, 3.05) is 26.4 Å². The smallest absolute Gasteiger partial charge is 0.448 e. The van der Waals surface area contributed by atoms with Crippen LogP contribution in [-0.2, 0) is 37.0 Å². The first-order valence-electron chi connectivity index (χ1n) is 19.1. The number of rotatable bonds is 11. The zero-order valence-electron chi connectivity index (χ0n) is 31.4. The molecular weight excluding hydrogens is 724 g/mol. The average molecular weight is 780 g/mol. The van der Waals surface area contributed by atoms with Gasteiger partial charge in [-0.15, -0.1) is 0 Å². The highest BCUT2D eigenvalue weighted by atomic mass is 19.4. The van der Waals surface area contributed by atoms with Crippen molar-refractivity contribution < 1.29 is 65.6 Å². The first-order chi connectivity index (χ1) is 25.5. The predicted octanol–water partition coefficient (Wildman–Crippen LogP) is 9.43. The standard InChI is InChI=1S/C39H55F6NO8/c1-22-8-12-29(30-20-52-24(3)10-13-28(22)30)31(35(47)38(40,41)42)18-50-16-26-6-5-7-27(46-26)17-51-19-32(36(48)39(43,44)45)34-14-9-23(2)33-15-11-25(4)53-21-37(33,34)54-49/h5-7,22-25,28-30,33-34,47-49H,8-21H2,1-4H3/b35-31-,36-32-/t22-,23-,24+,25+,28+,29-,30?,33+,34?,37-/m1/s1. The Morgan fingerprint density at radius 1 is 0.741 bits per heavy atom. The van der Waals surface area contributed by atoms with E-state index in [9.17, 15) is 41.8 Å². The average Bonchev–Trinajstić information content (AvgIpc) is 3.43. The second-order valence-corrected chi connectivity index (χ2v) is 16.0. The van der Waals surface area contributed by atoms with E-state index in [-0.39, 0.29) is 67.7 Å². The van der Waals surface area contributed by atoms with E-state index < -0.39 is 60.1 Å². The van der Waals surface area contributed by atoms with Crippen LogP contribution in [0.4, 0.5) is 26.3 Å². The topological polar surface area (TPSA) is 120 Å². The van der Waals surface area contributed by atoms with Crippen LogP contribution in [0.1, 0.15) is 90.4 Å². The Morgan fingerprint density at radius 3 is 1.94 bits per heavy atom. The van der Waals surface area contributed by atoms with Gasteiger partial charge in [-0.05, 0) is 113 Å². The molecule has 3 heterocycles. The minimum absolute atomic E-state index is 0.00163. The molecule has 5 rings (SSSR count). The normalized spacial score (nSPS) is 34.8. The van der Waals surface area contributed by atoms with Crippen LogP contribution in [0.2, 0.25) is 0 Å². The summed E-state index contributed by atoms with van der Waals surface area (Å²) in [5, 5.41) is 31.2. The Labute approximate surface area is 313 Å². The van der Waals surface area contributed by atoms with Gasteiger partial charge in [0.05, 0.1) is 63.2 Å². The third kappa shape index (κ3) is 9.74. The number of aliphatic hydroxyl groups is 2. The summed E-state index contributed by atoms with van der Waals surface area (Å²) in [6, 6.07) is 4.78. The third-order valence-corrected chi connectivity index (χ3v) is 12.6. The van der Waals surface area contributed by atoms with Crippen molar-refractivity contribution in [3.63, 3.8) is 0 Å². The number of aliphatic hydroxyl groups excluding tert-OH is 2. The molecule has 0 aromatic carbocycles. The highest BCUT2D eigenvalue weighted by molar-refractivity contribution is 5.23. The molecule has 306 valence electrons. The molecule has 15 heteroatoms. The fourth-order valence-electron chi connectivity index (χ4n) is 9.57. The van der Waals surface area contributed by atoms with Gasteiger partial charge in [0.2, 0.25) is 0 Å². The van der Waals surface area contributed by atoms with Gasteiger partial charge in [0.1, 0.15) is 5.60 Å². The predicted molar refractivity (Wildman–Crippen MR) is 185 cm³/mol. The lowest BCUT2D eigenvalue weighted by molar-refractivity contribution is -0.368. The molecule has 4 aliphatic rings. The van der Waals surface area contributed by atoms with Gasteiger partial charge in [0, 0.05) is 17.1 Å². The van der Waals surface area contributed by atoms with Crippen molar-refractivity contribution in [2.24, 2.45) is 41.4 Å². The molecule has 1 aromatic rings. The fraction of sp³-hybridized carbons (Fsp3) is 0.769. The van der Waals surface area contributed by atoms with E-state index in [1.807, 2.05) is 20.8 Å². The molecule has 1 aromatic heterocycles.